The summed E-state index contributed by atoms with van der Waals surface area (Å²) in [4.78, 5) is 15.6. The Labute approximate surface area is 119 Å². The summed E-state index contributed by atoms with van der Waals surface area (Å²) in [6.45, 7) is 6.20. The predicted molar refractivity (Wildman–Crippen MR) is 76.3 cm³/mol. The highest BCUT2D eigenvalue weighted by Gasteiger charge is 2.19. The molecule has 1 aliphatic heterocycles. The van der Waals surface area contributed by atoms with Gasteiger partial charge in [-0.2, -0.15) is 0 Å². The molecule has 0 saturated carbocycles. The summed E-state index contributed by atoms with van der Waals surface area (Å²) in [5, 5.41) is 0. The summed E-state index contributed by atoms with van der Waals surface area (Å²) in [6, 6.07) is 6.85. The number of benzene rings is 1. The van der Waals surface area contributed by atoms with Crippen LogP contribution >= 0.6 is 0 Å². The molecule has 0 aromatic heterocycles. The fourth-order valence-electron chi connectivity index (χ4n) is 2.40. The van der Waals surface area contributed by atoms with Gasteiger partial charge in [-0.25, -0.2) is 4.39 Å². The quantitative estimate of drug-likeness (QED) is 0.771. The van der Waals surface area contributed by atoms with E-state index in [4.69, 9.17) is 4.74 Å². The number of piperazine rings is 1. The fourth-order valence-corrected chi connectivity index (χ4v) is 2.40. The number of hydrogen-bond donors (Lipinski definition) is 0. The number of anilines is 1. The van der Waals surface area contributed by atoms with Crippen LogP contribution in [0, 0.1) is 5.82 Å². The lowest BCUT2D eigenvalue weighted by Crippen LogP contribution is -2.47. The topological polar surface area (TPSA) is 32.8 Å². The Bertz CT molecular complexity index is 445. The molecule has 4 nitrogen and oxygen atoms in total. The maximum absolute atomic E-state index is 13.7. The summed E-state index contributed by atoms with van der Waals surface area (Å²) >= 11 is 0. The second-order valence-corrected chi connectivity index (χ2v) is 4.84. The lowest BCUT2D eigenvalue weighted by Gasteiger charge is -2.36. The summed E-state index contributed by atoms with van der Waals surface area (Å²) in [6.07, 6.45) is 0.424. The number of para-hydroxylation sites is 1. The highest BCUT2D eigenvalue weighted by Crippen LogP contribution is 2.20. The van der Waals surface area contributed by atoms with E-state index in [0.29, 0.717) is 25.3 Å². The van der Waals surface area contributed by atoms with E-state index in [1.807, 2.05) is 19.1 Å². The van der Waals surface area contributed by atoms with Crippen LogP contribution in [-0.4, -0.2) is 50.2 Å². The molecule has 1 aromatic rings. The van der Waals surface area contributed by atoms with Crippen LogP contribution in [0.4, 0.5) is 10.1 Å². The molecule has 1 aromatic carbocycles. The Balaban J connectivity index is 1.78. The summed E-state index contributed by atoms with van der Waals surface area (Å²) in [5.74, 6) is -0.323. The van der Waals surface area contributed by atoms with Gasteiger partial charge in [-0.15, -0.1) is 0 Å². The van der Waals surface area contributed by atoms with Crippen molar-refractivity contribution >= 4 is 11.7 Å². The monoisotopic (exact) mass is 280 g/mol. The number of carbonyl (C=O) groups excluding carboxylic acids is 1. The second kappa shape index (κ2) is 7.24. The standard InChI is InChI=1S/C15H21FN2O2/c1-2-20-15(19)7-8-17-9-11-18(12-10-17)14-6-4-3-5-13(14)16/h3-6H,2,7-12H2,1H3. The third-order valence-electron chi connectivity index (χ3n) is 3.50. The molecule has 1 heterocycles. The van der Waals surface area contributed by atoms with Crippen LogP contribution < -0.4 is 4.90 Å². The van der Waals surface area contributed by atoms with Gasteiger partial charge in [-0.3, -0.25) is 9.69 Å². The maximum atomic E-state index is 13.7. The SMILES string of the molecule is CCOC(=O)CCN1CCN(c2ccccc2F)CC1. The van der Waals surface area contributed by atoms with Crippen molar-refractivity contribution in [2.45, 2.75) is 13.3 Å². The van der Waals surface area contributed by atoms with Gasteiger partial charge in [0.2, 0.25) is 0 Å². The number of carbonyl (C=O) groups is 1. The first-order chi connectivity index (χ1) is 9.70. The van der Waals surface area contributed by atoms with Crippen molar-refractivity contribution in [1.29, 1.82) is 0 Å². The minimum absolute atomic E-state index is 0.149. The lowest BCUT2D eigenvalue weighted by molar-refractivity contribution is -0.143. The first-order valence-corrected chi connectivity index (χ1v) is 7.08. The van der Waals surface area contributed by atoms with Gasteiger partial charge in [-0.05, 0) is 19.1 Å². The summed E-state index contributed by atoms with van der Waals surface area (Å²) in [5.41, 5.74) is 0.664. The number of esters is 1. The highest BCUT2D eigenvalue weighted by atomic mass is 19.1. The van der Waals surface area contributed by atoms with Gasteiger partial charge in [0.1, 0.15) is 5.82 Å². The van der Waals surface area contributed by atoms with Crippen molar-refractivity contribution in [2.75, 3.05) is 44.2 Å². The Morgan fingerprint density at radius 2 is 1.95 bits per heavy atom. The average molecular weight is 280 g/mol. The molecule has 2 rings (SSSR count). The number of ether oxygens (including phenoxy) is 1. The number of halogens is 1. The van der Waals surface area contributed by atoms with Gasteiger partial charge in [0, 0.05) is 32.7 Å². The molecule has 0 aliphatic carbocycles. The molecular weight excluding hydrogens is 259 g/mol. The molecule has 0 bridgehead atoms. The van der Waals surface area contributed by atoms with Gasteiger partial charge in [0.15, 0.2) is 0 Å². The fraction of sp³-hybridized carbons (Fsp3) is 0.533. The van der Waals surface area contributed by atoms with Crippen molar-refractivity contribution in [2.24, 2.45) is 0 Å². The molecule has 1 fully saturated rings. The lowest BCUT2D eigenvalue weighted by atomic mass is 10.2. The predicted octanol–water partition coefficient (Wildman–Crippen LogP) is 1.90. The van der Waals surface area contributed by atoms with Gasteiger partial charge in [0.05, 0.1) is 18.7 Å². The molecule has 0 amide bonds. The third-order valence-corrected chi connectivity index (χ3v) is 3.50. The van der Waals surface area contributed by atoms with E-state index in [0.717, 1.165) is 26.2 Å². The number of rotatable bonds is 5. The van der Waals surface area contributed by atoms with Crippen LogP contribution in [0.1, 0.15) is 13.3 Å². The zero-order valence-corrected chi connectivity index (χ0v) is 11.8. The zero-order valence-electron chi connectivity index (χ0n) is 11.8. The summed E-state index contributed by atoms with van der Waals surface area (Å²) < 4.78 is 18.6. The van der Waals surface area contributed by atoms with Crippen molar-refractivity contribution in [3.63, 3.8) is 0 Å². The Morgan fingerprint density at radius 3 is 2.60 bits per heavy atom. The number of nitrogens with zero attached hydrogens (tertiary/aromatic N) is 2. The zero-order chi connectivity index (χ0) is 14.4. The molecule has 0 radical (unpaired) electrons. The van der Waals surface area contributed by atoms with Crippen LogP contribution in [0.3, 0.4) is 0 Å². The van der Waals surface area contributed by atoms with Crippen LogP contribution in [0.2, 0.25) is 0 Å². The first-order valence-electron chi connectivity index (χ1n) is 7.08. The Hall–Kier alpha value is -1.62. The van der Waals surface area contributed by atoms with E-state index >= 15 is 0 Å². The highest BCUT2D eigenvalue weighted by molar-refractivity contribution is 5.69. The normalized spacial score (nSPS) is 16.2. The van der Waals surface area contributed by atoms with Gasteiger partial charge in [-0.1, -0.05) is 12.1 Å². The molecule has 1 aliphatic rings. The Morgan fingerprint density at radius 1 is 1.25 bits per heavy atom. The molecule has 0 spiro atoms. The van der Waals surface area contributed by atoms with E-state index in [1.165, 1.54) is 6.07 Å². The van der Waals surface area contributed by atoms with E-state index in [-0.39, 0.29) is 11.8 Å². The van der Waals surface area contributed by atoms with E-state index in [2.05, 4.69) is 9.80 Å². The largest absolute Gasteiger partial charge is 0.466 e. The van der Waals surface area contributed by atoms with Gasteiger partial charge >= 0.3 is 5.97 Å². The third kappa shape index (κ3) is 3.93. The van der Waals surface area contributed by atoms with Crippen LogP contribution in [-0.2, 0) is 9.53 Å². The average Bonchev–Trinajstić information content (AvgIpc) is 2.47. The molecule has 110 valence electrons. The smallest absolute Gasteiger partial charge is 0.307 e. The second-order valence-electron chi connectivity index (χ2n) is 4.84. The van der Waals surface area contributed by atoms with Gasteiger partial charge < -0.3 is 9.64 Å². The Kier molecular flexibility index (Phi) is 5.35. The van der Waals surface area contributed by atoms with Crippen molar-refractivity contribution in [3.05, 3.63) is 30.1 Å². The number of hydrogen-bond acceptors (Lipinski definition) is 4. The maximum Gasteiger partial charge on any atom is 0.307 e. The molecule has 0 atom stereocenters. The van der Waals surface area contributed by atoms with Gasteiger partial charge in [0.25, 0.3) is 0 Å². The van der Waals surface area contributed by atoms with E-state index in [1.54, 1.807) is 6.07 Å². The molecule has 5 heteroatoms. The molecule has 0 N–H and O–H groups in total. The minimum Gasteiger partial charge on any atom is -0.466 e. The van der Waals surface area contributed by atoms with Crippen molar-refractivity contribution < 1.29 is 13.9 Å². The van der Waals surface area contributed by atoms with Crippen molar-refractivity contribution in [1.82, 2.24) is 4.90 Å². The van der Waals surface area contributed by atoms with E-state index < -0.39 is 0 Å². The first kappa shape index (κ1) is 14.8. The minimum atomic E-state index is -0.174. The summed E-state index contributed by atoms with van der Waals surface area (Å²) in [7, 11) is 0. The van der Waals surface area contributed by atoms with Crippen LogP contribution in [0.5, 0.6) is 0 Å². The van der Waals surface area contributed by atoms with Crippen LogP contribution in [0.25, 0.3) is 0 Å². The van der Waals surface area contributed by atoms with Crippen molar-refractivity contribution in [3.8, 4) is 0 Å². The molecule has 20 heavy (non-hydrogen) atoms. The molecular formula is C15H21FN2O2. The molecule has 1 saturated heterocycles. The van der Waals surface area contributed by atoms with E-state index in [9.17, 15) is 9.18 Å². The van der Waals surface area contributed by atoms with Crippen LogP contribution in [0.15, 0.2) is 24.3 Å². The molecule has 0 unspecified atom stereocenters.